The zero-order valence-corrected chi connectivity index (χ0v) is 8.69. The van der Waals surface area contributed by atoms with E-state index in [1.54, 1.807) is 0 Å². The van der Waals surface area contributed by atoms with Crippen molar-refractivity contribution in [3.8, 4) is 0 Å². The van der Waals surface area contributed by atoms with Gasteiger partial charge in [0.15, 0.2) is 0 Å². The molecule has 0 amide bonds. The maximum absolute atomic E-state index is 12.1. The van der Waals surface area contributed by atoms with E-state index < -0.39 is 11.0 Å². The van der Waals surface area contributed by atoms with Crippen LogP contribution >= 0.6 is 38.9 Å². The highest BCUT2D eigenvalue weighted by atomic mass is 79.9. The van der Waals surface area contributed by atoms with E-state index in [9.17, 15) is 13.2 Å². The molecule has 12 heavy (non-hydrogen) atoms. The molecule has 1 atom stereocenters. The highest BCUT2D eigenvalue weighted by Gasteiger charge is 2.39. The quantitative estimate of drug-likeness (QED) is 0.668. The van der Waals surface area contributed by atoms with Crippen LogP contribution in [0.4, 0.5) is 13.2 Å². The van der Waals surface area contributed by atoms with Gasteiger partial charge < -0.3 is 0 Å². The van der Waals surface area contributed by atoms with Crippen LogP contribution < -0.4 is 0 Å². The average molecular weight is 280 g/mol. The van der Waals surface area contributed by atoms with Crippen molar-refractivity contribution in [2.45, 2.75) is 11.0 Å². The Hall–Kier alpha value is 0.260. The van der Waals surface area contributed by atoms with E-state index >= 15 is 0 Å². The van der Waals surface area contributed by atoms with Crippen molar-refractivity contribution in [3.05, 3.63) is 21.3 Å². The summed E-state index contributed by atoms with van der Waals surface area (Å²) in [5, 5.41) is 0. The van der Waals surface area contributed by atoms with Crippen LogP contribution in [0.1, 0.15) is 9.70 Å². The van der Waals surface area contributed by atoms with E-state index in [0.29, 0.717) is 4.34 Å². The first kappa shape index (κ1) is 10.3. The predicted octanol–water partition coefficient (Wildman–Crippen LogP) is 4.40. The number of halogens is 5. The Balaban J connectivity index is 2.85. The summed E-state index contributed by atoms with van der Waals surface area (Å²) in [6.07, 6.45) is -4.26. The lowest BCUT2D eigenvalue weighted by Gasteiger charge is -2.11. The van der Waals surface area contributed by atoms with Gasteiger partial charge in [-0.3, -0.25) is 0 Å². The highest BCUT2D eigenvalue weighted by molar-refractivity contribution is 9.09. The van der Waals surface area contributed by atoms with Crippen LogP contribution in [-0.2, 0) is 0 Å². The second-order valence-electron chi connectivity index (χ2n) is 2.05. The Morgan fingerprint density at radius 3 is 2.33 bits per heavy atom. The van der Waals surface area contributed by atoms with Gasteiger partial charge in [-0.1, -0.05) is 27.5 Å². The third kappa shape index (κ3) is 2.37. The largest absolute Gasteiger partial charge is 0.405 e. The van der Waals surface area contributed by atoms with Gasteiger partial charge in [-0.2, -0.15) is 13.2 Å². The van der Waals surface area contributed by atoms with Crippen molar-refractivity contribution in [1.82, 2.24) is 0 Å². The average Bonchev–Trinajstić information content (AvgIpc) is 2.32. The first-order valence-corrected chi connectivity index (χ1v) is 4.98. The van der Waals surface area contributed by atoms with Gasteiger partial charge in [0.2, 0.25) is 0 Å². The predicted molar refractivity (Wildman–Crippen MR) is 47.1 cm³/mol. The summed E-state index contributed by atoms with van der Waals surface area (Å²) in [5.74, 6) is 0. The minimum Gasteiger partial charge on any atom is -0.169 e. The lowest BCUT2D eigenvalue weighted by atomic mass is 10.3. The summed E-state index contributed by atoms with van der Waals surface area (Å²) < 4.78 is 36.5. The molecule has 1 heterocycles. The van der Waals surface area contributed by atoms with Gasteiger partial charge in [-0.15, -0.1) is 11.3 Å². The summed E-state index contributed by atoms with van der Waals surface area (Å²) in [7, 11) is 0. The first-order valence-electron chi connectivity index (χ1n) is 2.87. The van der Waals surface area contributed by atoms with Crippen molar-refractivity contribution in [3.63, 3.8) is 0 Å². The maximum Gasteiger partial charge on any atom is 0.405 e. The van der Waals surface area contributed by atoms with E-state index in [1.165, 1.54) is 12.1 Å². The van der Waals surface area contributed by atoms with Gasteiger partial charge in [0.25, 0.3) is 0 Å². The molecule has 0 nitrogen and oxygen atoms in total. The Morgan fingerprint density at radius 1 is 1.42 bits per heavy atom. The molecule has 1 aromatic rings. The van der Waals surface area contributed by atoms with Gasteiger partial charge in [-0.05, 0) is 12.1 Å². The zero-order chi connectivity index (χ0) is 9.35. The standard InChI is InChI=1S/C6H3BrClF3S/c7-5(6(9,10)11)3-1-2-4(8)12-3/h1-2,5H. The molecule has 0 aliphatic carbocycles. The van der Waals surface area contributed by atoms with Crippen LogP contribution in [0.25, 0.3) is 0 Å². The minimum atomic E-state index is -4.26. The van der Waals surface area contributed by atoms with Crippen molar-refractivity contribution >= 4 is 38.9 Å². The highest BCUT2D eigenvalue weighted by Crippen LogP contribution is 2.43. The van der Waals surface area contributed by atoms with Crippen LogP contribution in [-0.4, -0.2) is 6.18 Å². The van der Waals surface area contributed by atoms with Gasteiger partial charge in [0, 0.05) is 4.88 Å². The van der Waals surface area contributed by atoms with E-state index in [0.717, 1.165) is 11.3 Å². The second-order valence-corrected chi connectivity index (χ2v) is 4.71. The lowest BCUT2D eigenvalue weighted by molar-refractivity contribution is -0.127. The SMILES string of the molecule is FC(F)(F)C(Br)c1ccc(Cl)s1. The van der Waals surface area contributed by atoms with E-state index in [2.05, 4.69) is 15.9 Å². The lowest BCUT2D eigenvalue weighted by Crippen LogP contribution is -2.13. The van der Waals surface area contributed by atoms with Gasteiger partial charge in [-0.25, -0.2) is 0 Å². The van der Waals surface area contributed by atoms with E-state index in [-0.39, 0.29) is 4.88 Å². The molecule has 0 radical (unpaired) electrons. The summed E-state index contributed by atoms with van der Waals surface area (Å²) in [6.45, 7) is 0. The summed E-state index contributed by atoms with van der Waals surface area (Å²) in [5.41, 5.74) is 0. The summed E-state index contributed by atoms with van der Waals surface area (Å²) in [6, 6.07) is 2.81. The molecule has 0 bridgehead atoms. The fourth-order valence-electron chi connectivity index (χ4n) is 0.626. The van der Waals surface area contributed by atoms with Crippen LogP contribution in [0, 0.1) is 0 Å². The maximum atomic E-state index is 12.1. The van der Waals surface area contributed by atoms with Crippen LogP contribution in [0.2, 0.25) is 4.34 Å². The molecule has 0 saturated carbocycles. The van der Waals surface area contributed by atoms with Gasteiger partial charge >= 0.3 is 6.18 Å². The molecule has 0 saturated heterocycles. The smallest absolute Gasteiger partial charge is 0.169 e. The molecule has 0 aromatic carbocycles. The van der Waals surface area contributed by atoms with E-state index in [4.69, 9.17) is 11.6 Å². The van der Waals surface area contributed by atoms with Crippen LogP contribution in [0.5, 0.6) is 0 Å². The number of hydrogen-bond acceptors (Lipinski definition) is 1. The second kappa shape index (κ2) is 3.55. The topological polar surface area (TPSA) is 0 Å². The molecule has 1 rings (SSSR count). The molecule has 0 aliphatic heterocycles. The molecular weight excluding hydrogens is 276 g/mol. The number of hydrogen-bond donors (Lipinski definition) is 0. The Kier molecular flexibility index (Phi) is 3.06. The van der Waals surface area contributed by atoms with Crippen molar-refractivity contribution in [2.75, 3.05) is 0 Å². The fraction of sp³-hybridized carbons (Fsp3) is 0.333. The van der Waals surface area contributed by atoms with Crippen LogP contribution in [0.15, 0.2) is 12.1 Å². The minimum absolute atomic E-state index is 0.174. The fourth-order valence-corrected chi connectivity index (χ4v) is 2.12. The molecule has 1 unspecified atom stereocenters. The number of rotatable bonds is 1. The zero-order valence-electron chi connectivity index (χ0n) is 5.53. The van der Waals surface area contributed by atoms with Crippen molar-refractivity contribution in [1.29, 1.82) is 0 Å². The van der Waals surface area contributed by atoms with Gasteiger partial charge in [0.1, 0.15) is 4.83 Å². The molecule has 6 heteroatoms. The molecule has 0 spiro atoms. The molecule has 1 aromatic heterocycles. The summed E-state index contributed by atoms with van der Waals surface area (Å²) in [4.78, 5) is -1.44. The number of alkyl halides is 4. The van der Waals surface area contributed by atoms with Crippen molar-refractivity contribution < 1.29 is 13.2 Å². The Morgan fingerprint density at radius 2 is 2.00 bits per heavy atom. The summed E-state index contributed by atoms with van der Waals surface area (Å²) >= 11 is 8.95. The van der Waals surface area contributed by atoms with Crippen molar-refractivity contribution in [2.24, 2.45) is 0 Å². The van der Waals surface area contributed by atoms with E-state index in [1.807, 2.05) is 0 Å². The molecule has 0 fully saturated rings. The Bertz CT molecular complexity index is 270. The third-order valence-corrected chi connectivity index (χ3v) is 3.74. The Labute approximate surface area is 84.5 Å². The molecular formula is C6H3BrClF3S. The third-order valence-electron chi connectivity index (χ3n) is 1.13. The first-order chi connectivity index (χ1) is 5.41. The van der Waals surface area contributed by atoms with Gasteiger partial charge in [0.05, 0.1) is 4.34 Å². The molecule has 68 valence electrons. The normalized spacial score (nSPS) is 14.8. The van der Waals surface area contributed by atoms with Crippen LogP contribution in [0.3, 0.4) is 0 Å². The monoisotopic (exact) mass is 278 g/mol. The molecule has 0 N–H and O–H groups in total. The number of thiophene rings is 1. The molecule has 0 aliphatic rings.